The zero-order valence-corrected chi connectivity index (χ0v) is 7.42. The van der Waals surface area contributed by atoms with Gasteiger partial charge in [0, 0.05) is 0 Å². The second-order valence-electron chi connectivity index (χ2n) is 2.93. The van der Waals surface area contributed by atoms with Gasteiger partial charge in [-0.2, -0.15) is 22.0 Å². The van der Waals surface area contributed by atoms with Gasteiger partial charge in [-0.25, -0.2) is 4.39 Å². The first kappa shape index (κ1) is 11.9. The number of aryl methyl sites for hydroxylation is 1. The molecule has 1 aromatic rings. The molecule has 0 saturated heterocycles. The van der Waals surface area contributed by atoms with Crippen LogP contribution in [0, 0.1) is 18.8 Å². The Morgan fingerprint density at radius 2 is 1.60 bits per heavy atom. The summed E-state index contributed by atoms with van der Waals surface area (Å²) in [7, 11) is 0. The van der Waals surface area contributed by atoms with Gasteiger partial charge >= 0.3 is 12.1 Å². The lowest BCUT2D eigenvalue weighted by Crippen LogP contribution is -2.35. The van der Waals surface area contributed by atoms with E-state index in [4.69, 9.17) is 0 Å². The van der Waals surface area contributed by atoms with Gasteiger partial charge in [-0.05, 0) is 24.6 Å². The summed E-state index contributed by atoms with van der Waals surface area (Å²) in [6, 6.07) is 3.44. The molecule has 0 nitrogen and oxygen atoms in total. The Balaban J connectivity index is 3.39. The average Bonchev–Trinajstić information content (AvgIpc) is 2.00. The zero-order chi connectivity index (χ0) is 11.9. The molecule has 0 aromatic heterocycles. The van der Waals surface area contributed by atoms with Gasteiger partial charge in [-0.1, -0.05) is 6.07 Å². The molecule has 15 heavy (non-hydrogen) atoms. The van der Waals surface area contributed by atoms with E-state index in [-0.39, 0.29) is 0 Å². The molecule has 1 radical (unpaired) electrons. The van der Waals surface area contributed by atoms with E-state index in [2.05, 4.69) is 6.07 Å². The lowest BCUT2D eigenvalue weighted by atomic mass is 10.0. The number of halogens is 6. The van der Waals surface area contributed by atoms with Crippen LogP contribution in [0.5, 0.6) is 0 Å². The van der Waals surface area contributed by atoms with Crippen molar-refractivity contribution in [1.29, 1.82) is 0 Å². The van der Waals surface area contributed by atoms with Crippen molar-refractivity contribution < 1.29 is 26.3 Å². The van der Waals surface area contributed by atoms with Crippen molar-refractivity contribution in [3.05, 3.63) is 35.1 Å². The molecule has 1 rings (SSSR count). The van der Waals surface area contributed by atoms with Crippen molar-refractivity contribution in [2.75, 3.05) is 0 Å². The molecule has 0 heterocycles. The lowest BCUT2D eigenvalue weighted by molar-refractivity contribution is -0.290. The maximum Gasteiger partial charge on any atom is 0.458 e. The third-order valence-corrected chi connectivity index (χ3v) is 1.81. The van der Waals surface area contributed by atoms with Gasteiger partial charge < -0.3 is 0 Å². The SMILES string of the molecule is Cc1c[c]cc(F)c1C(F)(F)C(F)(F)F. The van der Waals surface area contributed by atoms with Crippen LogP contribution in [0.2, 0.25) is 0 Å². The van der Waals surface area contributed by atoms with Crippen LogP contribution in [0.1, 0.15) is 11.1 Å². The van der Waals surface area contributed by atoms with Crippen molar-refractivity contribution in [3.8, 4) is 0 Å². The minimum Gasteiger partial charge on any atom is -0.206 e. The molecule has 0 saturated carbocycles. The predicted octanol–water partition coefficient (Wildman–Crippen LogP) is 3.59. The van der Waals surface area contributed by atoms with Crippen LogP contribution >= 0.6 is 0 Å². The normalized spacial score (nSPS) is 13.0. The fraction of sp³-hybridized carbons (Fsp3) is 0.333. The molecule has 0 atom stereocenters. The molecule has 0 amide bonds. The molecule has 0 spiro atoms. The number of benzene rings is 1. The standard InChI is InChI=1S/C9H5F6/c1-5-3-2-4-6(10)7(5)8(11,12)9(13,14)15/h3-4H,1H3. The highest BCUT2D eigenvalue weighted by molar-refractivity contribution is 5.31. The van der Waals surface area contributed by atoms with Crippen molar-refractivity contribution >= 4 is 0 Å². The number of alkyl halides is 5. The fourth-order valence-electron chi connectivity index (χ4n) is 1.11. The Morgan fingerprint density at radius 1 is 1.07 bits per heavy atom. The Morgan fingerprint density at radius 3 is 2.00 bits per heavy atom. The summed E-state index contributed by atoms with van der Waals surface area (Å²) in [4.78, 5) is 0. The van der Waals surface area contributed by atoms with Crippen molar-refractivity contribution in [3.63, 3.8) is 0 Å². The van der Waals surface area contributed by atoms with Gasteiger partial charge in [0.15, 0.2) is 0 Å². The van der Waals surface area contributed by atoms with Crippen molar-refractivity contribution in [2.24, 2.45) is 0 Å². The highest BCUT2D eigenvalue weighted by atomic mass is 19.4. The monoisotopic (exact) mass is 227 g/mol. The first-order valence-electron chi connectivity index (χ1n) is 3.79. The molecule has 0 fully saturated rings. The Bertz CT molecular complexity index is 345. The quantitative estimate of drug-likeness (QED) is 0.643. The third-order valence-electron chi connectivity index (χ3n) is 1.81. The van der Waals surface area contributed by atoms with Crippen LogP contribution in [0.15, 0.2) is 12.1 Å². The van der Waals surface area contributed by atoms with Crippen molar-refractivity contribution in [1.82, 2.24) is 0 Å². The van der Waals surface area contributed by atoms with E-state index in [1.165, 1.54) is 0 Å². The van der Waals surface area contributed by atoms with Crippen LogP contribution in [-0.4, -0.2) is 6.18 Å². The average molecular weight is 227 g/mol. The molecule has 0 bridgehead atoms. The Kier molecular flexibility index (Phi) is 2.71. The smallest absolute Gasteiger partial charge is 0.206 e. The van der Waals surface area contributed by atoms with Gasteiger partial charge in [-0.15, -0.1) is 0 Å². The lowest BCUT2D eigenvalue weighted by Gasteiger charge is -2.21. The zero-order valence-electron chi connectivity index (χ0n) is 7.42. The van der Waals surface area contributed by atoms with Gasteiger partial charge in [-0.3, -0.25) is 0 Å². The third kappa shape index (κ3) is 1.93. The highest BCUT2D eigenvalue weighted by Gasteiger charge is 2.60. The summed E-state index contributed by atoms with van der Waals surface area (Å²) in [5.41, 5.74) is -2.13. The van der Waals surface area contributed by atoms with E-state index in [0.717, 1.165) is 13.0 Å². The molecular weight excluding hydrogens is 222 g/mol. The fourth-order valence-corrected chi connectivity index (χ4v) is 1.11. The summed E-state index contributed by atoms with van der Waals surface area (Å²) in [6.45, 7) is 0.967. The van der Waals surface area contributed by atoms with Crippen molar-refractivity contribution in [2.45, 2.75) is 19.0 Å². The number of hydrogen-bond acceptors (Lipinski definition) is 0. The van der Waals surface area contributed by atoms with Crippen LogP contribution in [-0.2, 0) is 5.92 Å². The maximum absolute atomic E-state index is 12.9. The van der Waals surface area contributed by atoms with E-state index in [1.54, 1.807) is 0 Å². The summed E-state index contributed by atoms with van der Waals surface area (Å²) in [5, 5.41) is 0. The molecule has 0 aliphatic heterocycles. The second-order valence-corrected chi connectivity index (χ2v) is 2.93. The van der Waals surface area contributed by atoms with Crippen LogP contribution in [0.25, 0.3) is 0 Å². The van der Waals surface area contributed by atoms with E-state index in [1.807, 2.05) is 0 Å². The van der Waals surface area contributed by atoms with Gasteiger partial charge in [0.05, 0.1) is 5.56 Å². The summed E-state index contributed by atoms with van der Waals surface area (Å²) >= 11 is 0. The van der Waals surface area contributed by atoms with Gasteiger partial charge in [0.1, 0.15) is 5.82 Å². The minimum atomic E-state index is -5.81. The molecule has 0 unspecified atom stereocenters. The van der Waals surface area contributed by atoms with E-state index >= 15 is 0 Å². The van der Waals surface area contributed by atoms with Gasteiger partial charge in [0.2, 0.25) is 0 Å². The molecular formula is C9H5F6. The van der Waals surface area contributed by atoms with E-state index in [9.17, 15) is 26.3 Å². The molecule has 6 heteroatoms. The summed E-state index contributed by atoms with van der Waals surface area (Å²) in [5.74, 6) is -6.80. The topological polar surface area (TPSA) is 0 Å². The highest BCUT2D eigenvalue weighted by Crippen LogP contribution is 2.45. The number of rotatable bonds is 1. The second kappa shape index (κ2) is 3.43. The molecule has 0 aliphatic rings. The molecule has 0 N–H and O–H groups in total. The summed E-state index contributed by atoms with van der Waals surface area (Å²) in [6.07, 6.45) is -5.81. The van der Waals surface area contributed by atoms with Crippen LogP contribution in [0.3, 0.4) is 0 Å². The van der Waals surface area contributed by atoms with Crippen LogP contribution in [0.4, 0.5) is 26.3 Å². The Hall–Kier alpha value is -1.20. The first-order chi connectivity index (χ1) is 6.68. The first-order valence-corrected chi connectivity index (χ1v) is 3.79. The van der Waals surface area contributed by atoms with Gasteiger partial charge in [0.25, 0.3) is 0 Å². The number of hydrogen-bond donors (Lipinski definition) is 0. The Labute approximate surface area is 81.5 Å². The predicted molar refractivity (Wildman–Crippen MR) is 39.9 cm³/mol. The molecule has 1 aromatic carbocycles. The minimum absolute atomic E-state index is 0.446. The molecule has 83 valence electrons. The largest absolute Gasteiger partial charge is 0.458 e. The van der Waals surface area contributed by atoms with Crippen LogP contribution < -0.4 is 0 Å². The van der Waals surface area contributed by atoms with E-state index in [0.29, 0.717) is 6.07 Å². The molecule has 0 aliphatic carbocycles. The summed E-state index contributed by atoms with van der Waals surface area (Å²) < 4.78 is 74.3. The maximum atomic E-state index is 12.9. The van der Waals surface area contributed by atoms with E-state index < -0.39 is 29.0 Å².